The number of carbonyl (C=O) groups is 1. The normalized spacial score (nSPS) is 18.5. The Bertz CT molecular complexity index is 457. The maximum Gasteiger partial charge on any atom is 0.335 e. The van der Waals surface area contributed by atoms with E-state index in [1.165, 1.54) is 24.8 Å². The predicted octanol–water partition coefficient (Wildman–Crippen LogP) is 1.24. The third-order valence-electron chi connectivity index (χ3n) is 3.33. The Morgan fingerprint density at radius 2 is 2.37 bits per heavy atom. The highest BCUT2D eigenvalue weighted by Crippen LogP contribution is 2.10. The Hall–Kier alpha value is -1.62. The number of hydrogen-bond acceptors (Lipinski definition) is 4. The molecule has 1 aliphatic rings. The molecule has 19 heavy (non-hydrogen) atoms. The second-order valence-electron chi connectivity index (χ2n) is 4.89. The summed E-state index contributed by atoms with van der Waals surface area (Å²) in [6.45, 7) is 4.51. The minimum Gasteiger partial charge on any atom is -0.430 e. The average Bonchev–Trinajstić information content (AvgIpc) is 2.91. The fraction of sp³-hybridized carbons (Fsp3) is 0.571. The van der Waals surface area contributed by atoms with Crippen molar-refractivity contribution in [3.63, 3.8) is 0 Å². The van der Waals surface area contributed by atoms with E-state index in [0.717, 1.165) is 25.9 Å². The molecule has 1 aromatic heterocycles. The van der Waals surface area contributed by atoms with Gasteiger partial charge in [-0.1, -0.05) is 6.92 Å². The van der Waals surface area contributed by atoms with Crippen molar-refractivity contribution < 1.29 is 9.21 Å². The fourth-order valence-corrected chi connectivity index (χ4v) is 2.39. The molecule has 1 N–H and O–H groups in total. The van der Waals surface area contributed by atoms with Crippen LogP contribution in [0.5, 0.6) is 0 Å². The molecule has 5 nitrogen and oxygen atoms in total. The van der Waals surface area contributed by atoms with Gasteiger partial charge in [-0.15, -0.1) is 0 Å². The summed E-state index contributed by atoms with van der Waals surface area (Å²) >= 11 is 0. The SMILES string of the molecule is CCCN(CC1CCCN1)C(=O)c1ccc(=O)oc1. The lowest BCUT2D eigenvalue weighted by Crippen LogP contribution is -2.41. The van der Waals surface area contributed by atoms with Gasteiger partial charge in [-0.3, -0.25) is 4.79 Å². The van der Waals surface area contributed by atoms with Crippen molar-refractivity contribution in [3.8, 4) is 0 Å². The summed E-state index contributed by atoms with van der Waals surface area (Å²) in [5.41, 5.74) is 0.00194. The Balaban J connectivity index is 2.06. The molecule has 1 amide bonds. The fourth-order valence-electron chi connectivity index (χ4n) is 2.39. The van der Waals surface area contributed by atoms with E-state index in [1.54, 1.807) is 0 Å². The van der Waals surface area contributed by atoms with Crippen molar-refractivity contribution in [1.29, 1.82) is 0 Å². The van der Waals surface area contributed by atoms with Gasteiger partial charge in [0.15, 0.2) is 0 Å². The van der Waals surface area contributed by atoms with Crippen molar-refractivity contribution in [1.82, 2.24) is 10.2 Å². The minimum absolute atomic E-state index is 0.0701. The molecule has 1 saturated heterocycles. The zero-order valence-electron chi connectivity index (χ0n) is 11.2. The van der Waals surface area contributed by atoms with Crippen molar-refractivity contribution in [2.45, 2.75) is 32.2 Å². The molecule has 1 atom stereocenters. The first kappa shape index (κ1) is 13.8. The van der Waals surface area contributed by atoms with Crippen LogP contribution >= 0.6 is 0 Å². The molecular formula is C14H20N2O3. The summed E-state index contributed by atoms with van der Waals surface area (Å²) in [4.78, 5) is 25.1. The Labute approximate surface area is 112 Å². The van der Waals surface area contributed by atoms with Gasteiger partial charge in [0.1, 0.15) is 6.26 Å². The van der Waals surface area contributed by atoms with E-state index in [2.05, 4.69) is 5.32 Å². The van der Waals surface area contributed by atoms with E-state index in [4.69, 9.17) is 4.42 Å². The van der Waals surface area contributed by atoms with Gasteiger partial charge in [-0.2, -0.15) is 0 Å². The summed E-state index contributed by atoms with van der Waals surface area (Å²) in [5.74, 6) is -0.0701. The number of carbonyl (C=O) groups excluding carboxylic acids is 1. The Kier molecular flexibility index (Phi) is 4.74. The van der Waals surface area contributed by atoms with Gasteiger partial charge in [0, 0.05) is 25.2 Å². The number of amides is 1. The van der Waals surface area contributed by atoms with Crippen molar-refractivity contribution >= 4 is 5.91 Å². The van der Waals surface area contributed by atoms with Gasteiger partial charge in [0.25, 0.3) is 5.91 Å². The molecule has 0 aliphatic carbocycles. The van der Waals surface area contributed by atoms with Crippen LogP contribution in [0.4, 0.5) is 0 Å². The molecule has 0 saturated carbocycles. The largest absolute Gasteiger partial charge is 0.430 e. The highest BCUT2D eigenvalue weighted by molar-refractivity contribution is 5.93. The lowest BCUT2D eigenvalue weighted by molar-refractivity contribution is 0.0739. The second-order valence-corrected chi connectivity index (χ2v) is 4.89. The molecule has 0 spiro atoms. The lowest BCUT2D eigenvalue weighted by atomic mass is 10.2. The zero-order valence-corrected chi connectivity index (χ0v) is 11.2. The van der Waals surface area contributed by atoms with E-state index >= 15 is 0 Å². The number of hydrogen-bond donors (Lipinski definition) is 1. The van der Waals surface area contributed by atoms with Crippen LogP contribution in [0.1, 0.15) is 36.5 Å². The van der Waals surface area contributed by atoms with E-state index in [1.807, 2.05) is 11.8 Å². The van der Waals surface area contributed by atoms with Crippen molar-refractivity contribution in [2.24, 2.45) is 0 Å². The maximum atomic E-state index is 12.4. The maximum absolute atomic E-state index is 12.4. The first-order chi connectivity index (χ1) is 9.20. The summed E-state index contributed by atoms with van der Waals surface area (Å²) in [5, 5.41) is 3.39. The van der Waals surface area contributed by atoms with Gasteiger partial charge in [-0.25, -0.2) is 4.79 Å². The Morgan fingerprint density at radius 1 is 1.53 bits per heavy atom. The molecule has 1 unspecified atom stereocenters. The zero-order chi connectivity index (χ0) is 13.7. The van der Waals surface area contributed by atoms with Crippen LogP contribution in [0.3, 0.4) is 0 Å². The molecule has 104 valence electrons. The quantitative estimate of drug-likeness (QED) is 0.869. The van der Waals surface area contributed by atoms with Crippen LogP contribution < -0.4 is 10.9 Å². The smallest absolute Gasteiger partial charge is 0.335 e. The third-order valence-corrected chi connectivity index (χ3v) is 3.33. The van der Waals surface area contributed by atoms with Gasteiger partial charge < -0.3 is 14.6 Å². The van der Waals surface area contributed by atoms with Crippen molar-refractivity contribution in [3.05, 3.63) is 34.4 Å². The summed E-state index contributed by atoms with van der Waals surface area (Å²) in [6, 6.07) is 3.19. The molecule has 5 heteroatoms. The van der Waals surface area contributed by atoms with Gasteiger partial charge in [0.05, 0.1) is 5.56 Å². The summed E-state index contributed by atoms with van der Waals surface area (Å²) < 4.78 is 4.76. The molecule has 1 aromatic rings. The van der Waals surface area contributed by atoms with Gasteiger partial charge in [0.2, 0.25) is 0 Å². The van der Waals surface area contributed by atoms with Crippen LogP contribution in [0, 0.1) is 0 Å². The van der Waals surface area contributed by atoms with E-state index in [-0.39, 0.29) is 5.91 Å². The molecular weight excluding hydrogens is 244 g/mol. The lowest BCUT2D eigenvalue weighted by Gasteiger charge is -2.25. The molecule has 0 bridgehead atoms. The standard InChI is InChI=1S/C14H20N2O3/c1-2-8-16(9-12-4-3-7-15-12)14(18)11-5-6-13(17)19-10-11/h5-6,10,12,15H,2-4,7-9H2,1H3. The minimum atomic E-state index is -0.434. The molecule has 1 aliphatic heterocycles. The van der Waals surface area contributed by atoms with Crippen LogP contribution in [-0.2, 0) is 0 Å². The molecule has 0 radical (unpaired) electrons. The highest BCUT2D eigenvalue weighted by Gasteiger charge is 2.22. The molecule has 2 rings (SSSR count). The highest BCUT2D eigenvalue weighted by atomic mass is 16.4. The number of rotatable bonds is 5. The molecule has 1 fully saturated rings. The van der Waals surface area contributed by atoms with Crippen molar-refractivity contribution in [2.75, 3.05) is 19.6 Å². The van der Waals surface area contributed by atoms with E-state index < -0.39 is 5.63 Å². The van der Waals surface area contributed by atoms with Crippen LogP contribution in [0.15, 0.2) is 27.6 Å². The average molecular weight is 264 g/mol. The Morgan fingerprint density at radius 3 is 2.95 bits per heavy atom. The monoisotopic (exact) mass is 264 g/mol. The van der Waals surface area contributed by atoms with Crippen LogP contribution in [-0.4, -0.2) is 36.5 Å². The topological polar surface area (TPSA) is 62.6 Å². The summed E-state index contributed by atoms with van der Waals surface area (Å²) in [7, 11) is 0. The second kappa shape index (κ2) is 6.52. The van der Waals surface area contributed by atoms with Gasteiger partial charge >= 0.3 is 5.63 Å². The molecule has 0 aromatic carbocycles. The van der Waals surface area contributed by atoms with Crippen LogP contribution in [0.2, 0.25) is 0 Å². The summed E-state index contributed by atoms with van der Waals surface area (Å²) in [6.07, 6.45) is 4.43. The third kappa shape index (κ3) is 3.67. The van der Waals surface area contributed by atoms with E-state index in [9.17, 15) is 9.59 Å². The number of nitrogens with zero attached hydrogens (tertiary/aromatic N) is 1. The first-order valence-electron chi connectivity index (χ1n) is 6.82. The molecule has 2 heterocycles. The van der Waals surface area contributed by atoms with E-state index in [0.29, 0.717) is 18.2 Å². The van der Waals surface area contributed by atoms with Gasteiger partial charge in [-0.05, 0) is 31.9 Å². The predicted molar refractivity (Wildman–Crippen MR) is 72.2 cm³/mol. The first-order valence-corrected chi connectivity index (χ1v) is 6.82. The van der Waals surface area contributed by atoms with Crippen LogP contribution in [0.25, 0.3) is 0 Å². The number of nitrogens with one attached hydrogen (secondary N) is 1.